The second-order valence-electron chi connectivity index (χ2n) is 7.05. The van der Waals surface area contributed by atoms with Crippen LogP contribution in [0.4, 0.5) is 0 Å². The van der Waals surface area contributed by atoms with Gasteiger partial charge >= 0.3 is 0 Å². The van der Waals surface area contributed by atoms with Crippen molar-refractivity contribution in [3.63, 3.8) is 0 Å². The Hall–Kier alpha value is -2.17. The number of aryl methyl sites for hydroxylation is 2. The number of thioether (sulfide) groups is 1. The van der Waals surface area contributed by atoms with E-state index in [0.29, 0.717) is 11.1 Å². The molecular formula is C19H18N4O3S3. The van der Waals surface area contributed by atoms with Crippen LogP contribution in [0.2, 0.25) is 0 Å². The maximum atomic E-state index is 13.0. The van der Waals surface area contributed by atoms with E-state index >= 15 is 0 Å². The molecule has 1 saturated heterocycles. The molecule has 150 valence electrons. The summed E-state index contributed by atoms with van der Waals surface area (Å²) in [6, 6.07) is 3.87. The summed E-state index contributed by atoms with van der Waals surface area (Å²) in [6.07, 6.45) is 5.54. The average molecular weight is 447 g/mol. The normalized spacial score (nSPS) is 19.0. The van der Waals surface area contributed by atoms with Gasteiger partial charge in [0.1, 0.15) is 16.7 Å². The predicted molar refractivity (Wildman–Crippen MR) is 115 cm³/mol. The van der Waals surface area contributed by atoms with Crippen molar-refractivity contribution < 1.29 is 9.59 Å². The molecule has 2 aliphatic rings. The molecule has 7 nitrogen and oxygen atoms in total. The highest BCUT2D eigenvalue weighted by molar-refractivity contribution is 8.00. The zero-order valence-corrected chi connectivity index (χ0v) is 17.9. The molecule has 29 heavy (non-hydrogen) atoms. The summed E-state index contributed by atoms with van der Waals surface area (Å²) in [5, 5.41) is 3.75. The predicted octanol–water partition coefficient (Wildman–Crippen LogP) is 2.70. The van der Waals surface area contributed by atoms with Crippen molar-refractivity contribution in [2.75, 3.05) is 5.75 Å². The number of nitrogens with zero attached hydrogens (tertiary/aromatic N) is 3. The molecule has 0 saturated carbocycles. The van der Waals surface area contributed by atoms with Crippen LogP contribution in [0.3, 0.4) is 0 Å². The van der Waals surface area contributed by atoms with Gasteiger partial charge in [-0.3, -0.25) is 24.4 Å². The minimum atomic E-state index is -0.408. The van der Waals surface area contributed by atoms with Gasteiger partial charge in [-0.2, -0.15) is 0 Å². The number of fused-ring (bicyclic) bond motifs is 3. The molecule has 1 unspecified atom stereocenters. The van der Waals surface area contributed by atoms with E-state index in [9.17, 15) is 14.4 Å². The summed E-state index contributed by atoms with van der Waals surface area (Å²) in [5.74, 6) is -0.235. The fourth-order valence-electron chi connectivity index (χ4n) is 3.81. The van der Waals surface area contributed by atoms with Gasteiger partial charge in [-0.15, -0.1) is 34.4 Å². The van der Waals surface area contributed by atoms with Crippen molar-refractivity contribution in [2.45, 2.75) is 37.6 Å². The Balaban J connectivity index is 1.38. The van der Waals surface area contributed by atoms with E-state index in [1.165, 1.54) is 32.5 Å². The second-order valence-corrected chi connectivity index (χ2v) is 10.2. The van der Waals surface area contributed by atoms with E-state index in [0.717, 1.165) is 41.0 Å². The third kappa shape index (κ3) is 3.38. The van der Waals surface area contributed by atoms with Crippen LogP contribution in [0.5, 0.6) is 0 Å². The first-order valence-electron chi connectivity index (χ1n) is 9.38. The Labute approximate surface area is 178 Å². The van der Waals surface area contributed by atoms with Gasteiger partial charge in [0.2, 0.25) is 0 Å². The molecule has 3 aromatic rings. The van der Waals surface area contributed by atoms with E-state index in [2.05, 4.69) is 10.4 Å². The van der Waals surface area contributed by atoms with Crippen LogP contribution in [0, 0.1) is 0 Å². The summed E-state index contributed by atoms with van der Waals surface area (Å²) in [7, 11) is 0. The van der Waals surface area contributed by atoms with E-state index in [1.54, 1.807) is 22.7 Å². The molecule has 0 aromatic carbocycles. The van der Waals surface area contributed by atoms with Gasteiger partial charge in [-0.1, -0.05) is 6.07 Å². The maximum Gasteiger partial charge on any atom is 0.262 e. The zero-order chi connectivity index (χ0) is 20.0. The molecule has 10 heteroatoms. The first-order valence-corrected chi connectivity index (χ1v) is 12.1. The molecule has 1 N–H and O–H groups in total. The molecule has 0 bridgehead atoms. The monoisotopic (exact) mass is 446 g/mol. The molecular weight excluding hydrogens is 428 g/mol. The topological polar surface area (TPSA) is 84.3 Å². The Kier molecular flexibility index (Phi) is 4.92. The van der Waals surface area contributed by atoms with E-state index in [1.807, 2.05) is 17.5 Å². The van der Waals surface area contributed by atoms with Crippen molar-refractivity contribution in [2.24, 2.45) is 0 Å². The Morgan fingerprint density at radius 1 is 1.28 bits per heavy atom. The van der Waals surface area contributed by atoms with E-state index in [-0.39, 0.29) is 23.4 Å². The summed E-state index contributed by atoms with van der Waals surface area (Å²) in [6.45, 7) is -0.169. The quantitative estimate of drug-likeness (QED) is 0.666. The third-order valence-corrected chi connectivity index (χ3v) is 8.62. The number of hydrogen-bond acceptors (Lipinski definition) is 7. The van der Waals surface area contributed by atoms with Gasteiger partial charge < -0.3 is 0 Å². The highest BCUT2D eigenvalue weighted by atomic mass is 32.2. The first-order chi connectivity index (χ1) is 14.1. The number of hydrazine groups is 1. The second kappa shape index (κ2) is 7.58. The molecule has 1 atom stereocenters. The summed E-state index contributed by atoms with van der Waals surface area (Å²) < 4.78 is 1.34. The third-order valence-electron chi connectivity index (χ3n) is 5.16. The lowest BCUT2D eigenvalue weighted by atomic mass is 9.97. The van der Waals surface area contributed by atoms with Gasteiger partial charge in [0, 0.05) is 9.75 Å². The molecule has 0 radical (unpaired) electrons. The van der Waals surface area contributed by atoms with Crippen LogP contribution >= 0.6 is 34.4 Å². The Bertz CT molecular complexity index is 1150. The number of carbonyl (C=O) groups is 2. The fraction of sp³-hybridized carbons (Fsp3) is 0.368. The van der Waals surface area contributed by atoms with Crippen LogP contribution in [-0.4, -0.2) is 32.1 Å². The summed E-state index contributed by atoms with van der Waals surface area (Å²) in [4.78, 5) is 45.3. The zero-order valence-electron chi connectivity index (χ0n) is 15.4. The fourth-order valence-corrected chi connectivity index (χ4v) is 7.09. The lowest BCUT2D eigenvalue weighted by Gasteiger charge is -2.23. The maximum absolute atomic E-state index is 13.0. The minimum Gasteiger partial charge on any atom is -0.289 e. The number of nitrogens with one attached hydrogen (secondary N) is 1. The highest BCUT2D eigenvalue weighted by Gasteiger charge is 2.35. The molecule has 4 heterocycles. The number of hydrogen-bond donors (Lipinski definition) is 1. The molecule has 5 rings (SSSR count). The molecule has 1 aliphatic heterocycles. The molecule has 0 spiro atoms. The van der Waals surface area contributed by atoms with Crippen LogP contribution in [0.25, 0.3) is 10.2 Å². The van der Waals surface area contributed by atoms with Crippen molar-refractivity contribution in [3.8, 4) is 0 Å². The number of aromatic nitrogens is 2. The van der Waals surface area contributed by atoms with Crippen molar-refractivity contribution in [1.29, 1.82) is 0 Å². The lowest BCUT2D eigenvalue weighted by Crippen LogP contribution is -2.46. The van der Waals surface area contributed by atoms with Crippen molar-refractivity contribution in [1.82, 2.24) is 20.0 Å². The Morgan fingerprint density at radius 3 is 2.97 bits per heavy atom. The van der Waals surface area contributed by atoms with Crippen LogP contribution in [0.15, 0.2) is 28.6 Å². The number of thiophene rings is 2. The van der Waals surface area contributed by atoms with E-state index in [4.69, 9.17) is 0 Å². The standard InChI is InChI=1S/C19H18N4O3S3/c24-14(21-23-15(25)9-28-19(23)13-6-3-7-27-13)8-22-10-20-17-16(18(22)26)11-4-1-2-5-12(11)29-17/h3,6-7,10,19H,1-2,4-5,8-9H2,(H,21,24). The van der Waals surface area contributed by atoms with Crippen LogP contribution < -0.4 is 11.0 Å². The van der Waals surface area contributed by atoms with Crippen molar-refractivity contribution >= 4 is 56.5 Å². The summed E-state index contributed by atoms with van der Waals surface area (Å²) in [5.41, 5.74) is 3.62. The number of rotatable bonds is 4. The average Bonchev–Trinajstić information content (AvgIpc) is 3.43. The largest absolute Gasteiger partial charge is 0.289 e. The highest BCUT2D eigenvalue weighted by Crippen LogP contribution is 2.39. The van der Waals surface area contributed by atoms with E-state index < -0.39 is 5.91 Å². The van der Waals surface area contributed by atoms with Gasteiger partial charge in [0.25, 0.3) is 17.4 Å². The van der Waals surface area contributed by atoms with Gasteiger partial charge in [0.05, 0.1) is 17.5 Å². The Morgan fingerprint density at radius 2 is 2.14 bits per heavy atom. The van der Waals surface area contributed by atoms with Crippen LogP contribution in [0.1, 0.15) is 33.5 Å². The molecule has 1 aliphatic carbocycles. The van der Waals surface area contributed by atoms with Gasteiger partial charge in [-0.25, -0.2) is 9.99 Å². The smallest absolute Gasteiger partial charge is 0.262 e. The SMILES string of the molecule is O=C(Cn1cnc2sc3c(c2c1=O)CCCC3)NN1C(=O)CSC1c1cccs1. The van der Waals surface area contributed by atoms with Gasteiger partial charge in [0.15, 0.2) is 0 Å². The van der Waals surface area contributed by atoms with Crippen molar-refractivity contribution in [3.05, 3.63) is 49.5 Å². The number of carbonyl (C=O) groups excluding carboxylic acids is 2. The van der Waals surface area contributed by atoms with Gasteiger partial charge in [-0.05, 0) is 42.7 Å². The summed E-state index contributed by atoms with van der Waals surface area (Å²) >= 11 is 4.61. The molecule has 1 fully saturated rings. The lowest BCUT2D eigenvalue weighted by molar-refractivity contribution is -0.139. The molecule has 3 aromatic heterocycles. The minimum absolute atomic E-state index is 0.144. The number of amides is 2. The van der Waals surface area contributed by atoms with Crippen LogP contribution in [-0.2, 0) is 29.0 Å². The molecule has 2 amide bonds. The first kappa shape index (κ1) is 18.8.